The van der Waals surface area contributed by atoms with Crippen molar-refractivity contribution in [2.24, 2.45) is 22.7 Å². The molecule has 0 spiro atoms. The van der Waals surface area contributed by atoms with E-state index in [1.54, 1.807) is 13.2 Å². The molecule has 7 N–H and O–H groups in total. The summed E-state index contributed by atoms with van der Waals surface area (Å²) < 4.78 is 28.7. The van der Waals surface area contributed by atoms with Gasteiger partial charge in [0, 0.05) is 11.5 Å². The maximum Gasteiger partial charge on any atom is 0.335 e. The zero-order chi connectivity index (χ0) is 35.0. The molecule has 4 aliphatic carbocycles. The van der Waals surface area contributed by atoms with Crippen molar-refractivity contribution in [1.82, 2.24) is 0 Å². The summed E-state index contributed by atoms with van der Waals surface area (Å²) in [5.74, 6) is 0.549. The van der Waals surface area contributed by atoms with Gasteiger partial charge in [-0.15, -0.1) is 0 Å². The van der Waals surface area contributed by atoms with Crippen LogP contribution < -0.4 is 5.63 Å². The van der Waals surface area contributed by atoms with Crippen LogP contribution in [0.1, 0.15) is 83.6 Å². The van der Waals surface area contributed by atoms with Gasteiger partial charge in [0.15, 0.2) is 12.6 Å². The molecular formula is C36H52O13. The highest BCUT2D eigenvalue weighted by atomic mass is 16.7. The first-order valence-corrected chi connectivity index (χ1v) is 17.9. The van der Waals surface area contributed by atoms with Gasteiger partial charge in [-0.1, -0.05) is 25.5 Å². The summed E-state index contributed by atoms with van der Waals surface area (Å²) in [5.41, 5.74) is 0.613. The number of rotatable bonds is 6. The third kappa shape index (κ3) is 5.68. The smallest absolute Gasteiger partial charge is 0.335 e. The predicted molar refractivity (Wildman–Crippen MR) is 171 cm³/mol. The van der Waals surface area contributed by atoms with Crippen molar-refractivity contribution >= 4 is 0 Å². The molecule has 49 heavy (non-hydrogen) atoms. The first-order valence-electron chi connectivity index (χ1n) is 17.9. The van der Waals surface area contributed by atoms with Crippen LogP contribution in [0.5, 0.6) is 0 Å². The number of hydrogen-bond acceptors (Lipinski definition) is 13. The molecule has 3 saturated carbocycles. The van der Waals surface area contributed by atoms with Gasteiger partial charge in [-0.25, -0.2) is 4.79 Å². The van der Waals surface area contributed by atoms with Gasteiger partial charge in [0.05, 0.1) is 30.7 Å². The molecule has 2 saturated heterocycles. The van der Waals surface area contributed by atoms with E-state index in [0.717, 1.165) is 44.1 Å². The standard InChI is InChI=1S/C36H52O13/c1-17-26(39)31(49-32-29(42)28(41)27(40)24(15-37)48-32)30(43)33(46-17)47-20-8-11-34(2)19(14-20)5-6-23-22(34)9-12-35(3)21(10-13-36(23,35)44)18-4-7-25(38)45-16-18/h4,7,14,16-17,20-24,26-33,37,39-44H,5-6,8-13,15H2,1-3H3/t17-,20?,21?,22?,23?,24?,26?,27?,28?,29?,30?,31?,32?,33?,34?,35-,36+/m1/s1. The van der Waals surface area contributed by atoms with Crippen LogP contribution >= 0.6 is 0 Å². The van der Waals surface area contributed by atoms with Gasteiger partial charge in [-0.3, -0.25) is 0 Å². The Labute approximate surface area is 285 Å². The van der Waals surface area contributed by atoms with E-state index in [9.17, 15) is 40.5 Å². The fraction of sp³-hybridized carbons (Fsp3) is 0.806. The van der Waals surface area contributed by atoms with Crippen LogP contribution in [0.3, 0.4) is 0 Å². The molecule has 274 valence electrons. The monoisotopic (exact) mass is 692 g/mol. The Hall–Kier alpha value is -1.75. The quantitative estimate of drug-likeness (QED) is 0.207. The molecule has 1 aromatic rings. The summed E-state index contributed by atoms with van der Waals surface area (Å²) in [7, 11) is 0. The van der Waals surface area contributed by atoms with Gasteiger partial charge in [-0.2, -0.15) is 0 Å². The Kier molecular flexibility index (Phi) is 9.48. The normalized spacial score (nSPS) is 51.3. The van der Waals surface area contributed by atoms with Gasteiger partial charge < -0.3 is 59.1 Å². The van der Waals surface area contributed by atoms with Crippen molar-refractivity contribution in [2.45, 2.75) is 151 Å². The Morgan fingerprint density at radius 1 is 0.837 bits per heavy atom. The molecule has 2 aliphatic heterocycles. The van der Waals surface area contributed by atoms with Crippen LogP contribution in [0.4, 0.5) is 0 Å². The van der Waals surface area contributed by atoms with E-state index in [-0.39, 0.29) is 34.4 Å². The van der Waals surface area contributed by atoms with Crippen LogP contribution in [0.15, 0.2) is 39.3 Å². The molecule has 3 heterocycles. The largest absolute Gasteiger partial charge is 0.431 e. The van der Waals surface area contributed by atoms with E-state index >= 15 is 0 Å². The molecule has 1 aromatic heterocycles. The summed E-state index contributed by atoms with van der Waals surface area (Å²) >= 11 is 0. The number of aliphatic hydroxyl groups excluding tert-OH is 6. The molecular weight excluding hydrogens is 640 g/mol. The van der Waals surface area contributed by atoms with Crippen LogP contribution in [0.2, 0.25) is 0 Å². The van der Waals surface area contributed by atoms with E-state index in [2.05, 4.69) is 19.9 Å². The van der Waals surface area contributed by atoms with Crippen LogP contribution in [0, 0.1) is 22.7 Å². The lowest BCUT2D eigenvalue weighted by Crippen LogP contribution is -2.64. The second-order valence-corrected chi connectivity index (χ2v) is 15.9. The van der Waals surface area contributed by atoms with E-state index in [1.165, 1.54) is 11.6 Å². The fourth-order valence-electron chi connectivity index (χ4n) is 10.7. The number of ether oxygens (including phenoxy) is 4. The second-order valence-electron chi connectivity index (χ2n) is 15.9. The van der Waals surface area contributed by atoms with Gasteiger partial charge in [0.25, 0.3) is 0 Å². The lowest BCUT2D eigenvalue weighted by atomic mass is 9.45. The Bertz CT molecular complexity index is 1430. The van der Waals surface area contributed by atoms with Crippen LogP contribution in [-0.4, -0.2) is 115 Å². The van der Waals surface area contributed by atoms with Crippen LogP contribution in [0.25, 0.3) is 0 Å². The summed E-state index contributed by atoms with van der Waals surface area (Å²) in [6.45, 7) is 5.49. The van der Waals surface area contributed by atoms with Gasteiger partial charge in [0.1, 0.15) is 42.7 Å². The van der Waals surface area contributed by atoms with Crippen molar-refractivity contribution in [1.29, 1.82) is 0 Å². The molecule has 17 atom stereocenters. The maximum atomic E-state index is 12.5. The van der Waals surface area contributed by atoms with Crippen LogP contribution in [-0.2, 0) is 18.9 Å². The molecule has 0 radical (unpaired) electrons. The second kappa shape index (κ2) is 13.0. The average molecular weight is 693 g/mol. The Balaban J connectivity index is 1.05. The van der Waals surface area contributed by atoms with Gasteiger partial charge in [0.2, 0.25) is 0 Å². The minimum atomic E-state index is -1.70. The van der Waals surface area contributed by atoms with Gasteiger partial charge in [-0.05, 0) is 93.1 Å². The van der Waals surface area contributed by atoms with Crippen molar-refractivity contribution in [3.05, 3.63) is 46.0 Å². The highest BCUT2D eigenvalue weighted by Gasteiger charge is 2.67. The molecule has 0 aromatic carbocycles. The molecule has 6 aliphatic rings. The molecule has 14 unspecified atom stereocenters. The lowest BCUT2D eigenvalue weighted by molar-refractivity contribution is -0.359. The van der Waals surface area contributed by atoms with Crippen molar-refractivity contribution in [3.8, 4) is 0 Å². The van der Waals surface area contributed by atoms with Gasteiger partial charge >= 0.3 is 5.63 Å². The predicted octanol–water partition coefficient (Wildman–Crippen LogP) is 0.838. The fourth-order valence-corrected chi connectivity index (χ4v) is 10.7. The van der Waals surface area contributed by atoms with E-state index < -0.39 is 73.6 Å². The minimum Gasteiger partial charge on any atom is -0.431 e. The molecule has 13 heteroatoms. The average Bonchev–Trinajstić information content (AvgIpc) is 3.36. The van der Waals surface area contributed by atoms with E-state index in [1.807, 2.05) is 6.07 Å². The number of hydrogen-bond donors (Lipinski definition) is 7. The molecule has 0 amide bonds. The topological polar surface area (TPSA) is 209 Å². The number of fused-ring (bicyclic) bond motifs is 5. The lowest BCUT2D eigenvalue weighted by Gasteiger charge is -2.62. The van der Waals surface area contributed by atoms with Crippen molar-refractivity contribution in [2.75, 3.05) is 6.61 Å². The summed E-state index contributed by atoms with van der Waals surface area (Å²) in [6.07, 6.45) is -3.95. The Morgan fingerprint density at radius 2 is 1.59 bits per heavy atom. The summed E-state index contributed by atoms with van der Waals surface area (Å²) in [4.78, 5) is 11.6. The zero-order valence-electron chi connectivity index (χ0n) is 28.3. The van der Waals surface area contributed by atoms with E-state index in [4.69, 9.17) is 23.4 Å². The first kappa shape index (κ1) is 35.6. The summed E-state index contributed by atoms with van der Waals surface area (Å²) in [6, 6.07) is 3.32. The molecule has 7 rings (SSSR count). The highest BCUT2D eigenvalue weighted by molar-refractivity contribution is 5.31. The third-order valence-corrected chi connectivity index (χ3v) is 13.6. The van der Waals surface area contributed by atoms with E-state index in [0.29, 0.717) is 18.8 Å². The summed E-state index contributed by atoms with van der Waals surface area (Å²) in [5, 5.41) is 75.1. The number of aliphatic hydroxyl groups is 7. The molecule has 5 fully saturated rings. The van der Waals surface area contributed by atoms with Crippen molar-refractivity contribution < 1.29 is 59.1 Å². The zero-order valence-corrected chi connectivity index (χ0v) is 28.3. The highest BCUT2D eigenvalue weighted by Crippen LogP contribution is 2.70. The molecule has 13 nitrogen and oxygen atoms in total. The first-order chi connectivity index (χ1) is 23.2. The molecule has 0 bridgehead atoms. The number of allylic oxidation sites excluding steroid dienone is 1. The maximum absolute atomic E-state index is 12.5. The Morgan fingerprint density at radius 3 is 2.31 bits per heavy atom. The SMILES string of the molecule is C[C@H]1OC(OC2C=C3CCC4C(CC[C@]5(C)C(c6ccc(=O)oc6)CC[C@]45O)C3(C)CC2)C(O)C(OC2OC(CO)C(O)C(O)C2O)C1O. The minimum absolute atomic E-state index is 0.119. The third-order valence-electron chi connectivity index (χ3n) is 13.6. The van der Waals surface area contributed by atoms with Crippen molar-refractivity contribution in [3.63, 3.8) is 0 Å².